The molecule has 1 aromatic rings. The van der Waals surface area contributed by atoms with Gasteiger partial charge in [0.2, 0.25) is 10.0 Å². The number of hydrogen-bond donors (Lipinski definition) is 2. The highest BCUT2D eigenvalue weighted by Crippen LogP contribution is 2.24. The maximum Gasteiger partial charge on any atom is 0.240 e. The first-order valence-electron chi connectivity index (χ1n) is 6.17. The SMILES string of the molecule is CCOCCCNS(=O)(=O)c1cc(F)c(Cl)c(CN)c1. The molecule has 0 amide bonds. The average molecular weight is 325 g/mol. The van der Waals surface area contributed by atoms with Gasteiger partial charge in [0.05, 0.1) is 9.92 Å². The molecule has 0 aliphatic heterocycles. The molecule has 20 heavy (non-hydrogen) atoms. The van der Waals surface area contributed by atoms with Gasteiger partial charge in [-0.05, 0) is 31.0 Å². The molecule has 0 fully saturated rings. The van der Waals surface area contributed by atoms with Crippen molar-refractivity contribution in [1.82, 2.24) is 4.72 Å². The summed E-state index contributed by atoms with van der Waals surface area (Å²) in [7, 11) is -3.78. The summed E-state index contributed by atoms with van der Waals surface area (Å²) in [6, 6.07) is 2.16. The minimum atomic E-state index is -3.78. The molecular weight excluding hydrogens is 307 g/mol. The molecule has 1 aromatic carbocycles. The van der Waals surface area contributed by atoms with Gasteiger partial charge >= 0.3 is 0 Å². The summed E-state index contributed by atoms with van der Waals surface area (Å²) >= 11 is 5.69. The van der Waals surface area contributed by atoms with Gasteiger partial charge in [-0.1, -0.05) is 11.6 Å². The normalized spacial score (nSPS) is 11.8. The van der Waals surface area contributed by atoms with Crippen molar-refractivity contribution in [3.63, 3.8) is 0 Å². The van der Waals surface area contributed by atoms with Crippen molar-refractivity contribution >= 4 is 21.6 Å². The largest absolute Gasteiger partial charge is 0.382 e. The second-order valence-corrected chi connectivity index (χ2v) is 6.18. The number of nitrogens with one attached hydrogen (secondary N) is 1. The number of hydrogen-bond acceptors (Lipinski definition) is 4. The van der Waals surface area contributed by atoms with Crippen LogP contribution in [0, 0.1) is 5.82 Å². The molecule has 1 rings (SSSR count). The van der Waals surface area contributed by atoms with Crippen LogP contribution in [0.3, 0.4) is 0 Å². The predicted octanol–water partition coefficient (Wildman–Crippen LogP) is 1.64. The Morgan fingerprint density at radius 3 is 2.75 bits per heavy atom. The highest BCUT2D eigenvalue weighted by atomic mass is 35.5. The van der Waals surface area contributed by atoms with Crippen molar-refractivity contribution in [3.8, 4) is 0 Å². The molecule has 0 aromatic heterocycles. The molecule has 0 heterocycles. The maximum absolute atomic E-state index is 13.5. The summed E-state index contributed by atoms with van der Waals surface area (Å²) in [4.78, 5) is -0.184. The first kappa shape index (κ1) is 17.3. The van der Waals surface area contributed by atoms with Gasteiger partial charge in [0.25, 0.3) is 0 Å². The highest BCUT2D eigenvalue weighted by molar-refractivity contribution is 7.89. The Morgan fingerprint density at radius 1 is 1.45 bits per heavy atom. The Balaban J connectivity index is 2.80. The third kappa shape index (κ3) is 4.68. The molecule has 3 N–H and O–H groups in total. The van der Waals surface area contributed by atoms with Crippen LogP contribution < -0.4 is 10.5 Å². The third-order valence-corrected chi connectivity index (χ3v) is 4.43. The average Bonchev–Trinajstić information content (AvgIpc) is 2.41. The maximum atomic E-state index is 13.5. The van der Waals surface area contributed by atoms with Crippen LogP contribution in [0.2, 0.25) is 5.02 Å². The van der Waals surface area contributed by atoms with Crippen LogP contribution in [0.25, 0.3) is 0 Å². The Hall–Kier alpha value is -0.730. The molecule has 0 spiro atoms. The first-order valence-corrected chi connectivity index (χ1v) is 8.04. The van der Waals surface area contributed by atoms with Crippen LogP contribution >= 0.6 is 11.6 Å². The van der Waals surface area contributed by atoms with Gasteiger partial charge in [-0.15, -0.1) is 0 Å². The molecule has 0 aliphatic carbocycles. The van der Waals surface area contributed by atoms with Crippen LogP contribution in [0.1, 0.15) is 18.9 Å². The highest BCUT2D eigenvalue weighted by Gasteiger charge is 2.18. The molecule has 0 unspecified atom stereocenters. The predicted molar refractivity (Wildman–Crippen MR) is 75.6 cm³/mol. The van der Waals surface area contributed by atoms with E-state index in [2.05, 4.69) is 4.72 Å². The monoisotopic (exact) mass is 324 g/mol. The number of nitrogens with two attached hydrogens (primary N) is 1. The van der Waals surface area contributed by atoms with E-state index in [0.717, 1.165) is 6.07 Å². The van der Waals surface area contributed by atoms with Gasteiger partial charge < -0.3 is 10.5 Å². The van der Waals surface area contributed by atoms with Crippen LogP contribution in [0.4, 0.5) is 4.39 Å². The van der Waals surface area contributed by atoms with E-state index in [9.17, 15) is 12.8 Å². The first-order chi connectivity index (χ1) is 9.42. The fourth-order valence-corrected chi connectivity index (χ4v) is 2.85. The van der Waals surface area contributed by atoms with E-state index in [0.29, 0.717) is 19.6 Å². The number of ether oxygens (including phenoxy) is 1. The summed E-state index contributed by atoms with van der Waals surface area (Å²) in [5.41, 5.74) is 5.66. The minimum absolute atomic E-state index is 0.0382. The van der Waals surface area contributed by atoms with E-state index < -0.39 is 15.8 Å². The van der Waals surface area contributed by atoms with Crippen LogP contribution in [0.15, 0.2) is 17.0 Å². The fourth-order valence-electron chi connectivity index (χ4n) is 1.53. The Bertz CT molecular complexity index is 552. The van der Waals surface area contributed by atoms with E-state index >= 15 is 0 Å². The second kappa shape index (κ2) is 7.90. The van der Waals surface area contributed by atoms with Crippen molar-refractivity contribution in [3.05, 3.63) is 28.5 Å². The number of sulfonamides is 1. The lowest BCUT2D eigenvalue weighted by atomic mass is 10.2. The molecule has 0 radical (unpaired) electrons. The Labute approximate surface area is 123 Å². The van der Waals surface area contributed by atoms with Crippen molar-refractivity contribution in [2.75, 3.05) is 19.8 Å². The Kier molecular flexibility index (Phi) is 6.84. The van der Waals surface area contributed by atoms with Gasteiger partial charge in [-0.3, -0.25) is 0 Å². The molecule has 114 valence electrons. The van der Waals surface area contributed by atoms with Crippen molar-refractivity contribution in [2.45, 2.75) is 24.8 Å². The molecule has 0 bridgehead atoms. The lowest BCUT2D eigenvalue weighted by Crippen LogP contribution is -2.26. The van der Waals surface area contributed by atoms with Crippen LogP contribution in [-0.2, 0) is 21.3 Å². The summed E-state index contributed by atoms with van der Waals surface area (Å²) in [5, 5.41) is -0.150. The zero-order valence-electron chi connectivity index (χ0n) is 11.2. The zero-order chi connectivity index (χ0) is 15.2. The molecule has 0 aliphatic rings. The lowest BCUT2D eigenvalue weighted by molar-refractivity contribution is 0.146. The van der Waals surface area contributed by atoms with E-state index in [4.69, 9.17) is 22.1 Å². The smallest absolute Gasteiger partial charge is 0.240 e. The van der Waals surface area contributed by atoms with E-state index in [1.165, 1.54) is 6.07 Å². The molecule has 8 heteroatoms. The summed E-state index contributed by atoms with van der Waals surface area (Å²) in [5.74, 6) is -0.802. The molecular formula is C12H18ClFN2O3S. The zero-order valence-corrected chi connectivity index (χ0v) is 12.7. The summed E-state index contributed by atoms with van der Waals surface area (Å²) < 4.78 is 45.0. The third-order valence-electron chi connectivity index (χ3n) is 2.57. The van der Waals surface area contributed by atoms with Gasteiger partial charge in [-0.25, -0.2) is 17.5 Å². The summed E-state index contributed by atoms with van der Waals surface area (Å²) in [6.07, 6.45) is 0.535. The number of halogens is 2. The topological polar surface area (TPSA) is 81.4 Å². The van der Waals surface area contributed by atoms with Crippen molar-refractivity contribution in [2.24, 2.45) is 5.73 Å². The van der Waals surface area contributed by atoms with Crippen LogP contribution in [0.5, 0.6) is 0 Å². The van der Waals surface area contributed by atoms with Crippen molar-refractivity contribution < 1.29 is 17.5 Å². The van der Waals surface area contributed by atoms with Gasteiger partial charge in [0.15, 0.2) is 0 Å². The lowest BCUT2D eigenvalue weighted by Gasteiger charge is -2.10. The van der Waals surface area contributed by atoms with Gasteiger partial charge in [-0.2, -0.15) is 0 Å². The van der Waals surface area contributed by atoms with Crippen LogP contribution in [-0.4, -0.2) is 28.2 Å². The molecule has 5 nitrogen and oxygen atoms in total. The number of benzene rings is 1. The molecule has 0 saturated carbocycles. The van der Waals surface area contributed by atoms with Crippen molar-refractivity contribution in [1.29, 1.82) is 0 Å². The standard InChI is InChI=1S/C12H18ClFN2O3S/c1-2-19-5-3-4-16-20(17,18)10-6-9(8-15)12(13)11(14)7-10/h6-7,16H,2-5,8,15H2,1H3. The van der Waals surface area contributed by atoms with E-state index in [-0.39, 0.29) is 28.6 Å². The number of rotatable bonds is 8. The van der Waals surface area contributed by atoms with E-state index in [1.807, 2.05) is 6.92 Å². The van der Waals surface area contributed by atoms with Gasteiger partial charge in [0.1, 0.15) is 5.82 Å². The van der Waals surface area contributed by atoms with Gasteiger partial charge in [0, 0.05) is 26.3 Å². The minimum Gasteiger partial charge on any atom is -0.382 e. The summed E-state index contributed by atoms with van der Waals surface area (Å²) in [6.45, 7) is 3.07. The quantitative estimate of drug-likeness (QED) is 0.712. The molecule has 0 atom stereocenters. The Morgan fingerprint density at radius 2 is 2.15 bits per heavy atom. The van der Waals surface area contributed by atoms with E-state index in [1.54, 1.807) is 0 Å². The fraction of sp³-hybridized carbons (Fsp3) is 0.500. The molecule has 0 saturated heterocycles. The second-order valence-electron chi connectivity index (χ2n) is 4.03.